The molecule has 31 heavy (non-hydrogen) atoms. The van der Waals surface area contributed by atoms with Gasteiger partial charge in [-0.2, -0.15) is 4.98 Å². The van der Waals surface area contributed by atoms with Crippen LogP contribution in [0.2, 0.25) is 0 Å². The van der Waals surface area contributed by atoms with E-state index in [2.05, 4.69) is 16.7 Å². The highest BCUT2D eigenvalue weighted by atomic mass is 19.1. The number of fused-ring (bicyclic) bond motifs is 1. The van der Waals surface area contributed by atoms with Gasteiger partial charge in [0.2, 0.25) is 5.95 Å². The highest BCUT2D eigenvalue weighted by Gasteiger charge is 2.22. The molecular weight excluding hydrogens is 389 g/mol. The Labute approximate surface area is 184 Å². The lowest BCUT2D eigenvalue weighted by Gasteiger charge is -2.29. The number of rotatable bonds is 8. The number of hydrogen-bond donors (Lipinski definition) is 2. The molecule has 4 rings (SSSR count). The molecule has 2 aromatic carbocycles. The van der Waals surface area contributed by atoms with Gasteiger partial charge in [0.15, 0.2) is 0 Å². The predicted octanol–water partition coefficient (Wildman–Crippen LogP) is 4.64. The fraction of sp³-hybridized carbons (Fsp3) is 0.440. The van der Waals surface area contributed by atoms with E-state index in [-0.39, 0.29) is 5.82 Å². The molecule has 1 aliphatic rings. The lowest BCUT2D eigenvalue weighted by atomic mass is 9.86. The van der Waals surface area contributed by atoms with Crippen LogP contribution in [0.25, 0.3) is 10.9 Å². The Morgan fingerprint density at radius 1 is 0.968 bits per heavy atom. The molecule has 5 nitrogen and oxygen atoms in total. The average Bonchev–Trinajstić information content (AvgIpc) is 2.78. The van der Waals surface area contributed by atoms with E-state index in [1.54, 1.807) is 6.07 Å². The summed E-state index contributed by atoms with van der Waals surface area (Å²) in [5, 5.41) is 8.16. The fourth-order valence-corrected chi connectivity index (χ4v) is 4.39. The van der Waals surface area contributed by atoms with Crippen LogP contribution < -0.4 is 15.5 Å². The molecule has 0 aliphatic heterocycles. The van der Waals surface area contributed by atoms with E-state index in [0.717, 1.165) is 54.6 Å². The fourth-order valence-electron chi connectivity index (χ4n) is 4.39. The van der Waals surface area contributed by atoms with Crippen molar-refractivity contribution in [3.05, 3.63) is 59.9 Å². The van der Waals surface area contributed by atoms with Gasteiger partial charge in [0.05, 0.1) is 5.52 Å². The molecule has 0 atom stereocenters. The number of nitrogens with zero attached hydrogens (tertiary/aromatic N) is 3. The van der Waals surface area contributed by atoms with Crippen LogP contribution in [-0.4, -0.2) is 43.2 Å². The van der Waals surface area contributed by atoms with Crippen LogP contribution in [0.4, 0.5) is 16.2 Å². The summed E-state index contributed by atoms with van der Waals surface area (Å²) in [6.07, 6.45) is 5.33. The average molecular weight is 422 g/mol. The van der Waals surface area contributed by atoms with Crippen molar-refractivity contribution >= 4 is 22.7 Å². The van der Waals surface area contributed by atoms with Gasteiger partial charge in [-0.1, -0.05) is 30.3 Å². The summed E-state index contributed by atoms with van der Waals surface area (Å²) in [6, 6.07) is 15.6. The Morgan fingerprint density at radius 2 is 1.71 bits per heavy atom. The first-order valence-electron chi connectivity index (χ1n) is 11.2. The second kappa shape index (κ2) is 10.1. The first-order chi connectivity index (χ1) is 15.1. The zero-order chi connectivity index (χ0) is 21.6. The molecule has 1 fully saturated rings. The third-order valence-electron chi connectivity index (χ3n) is 6.15. The molecular formula is C25H32FN5. The van der Waals surface area contributed by atoms with Crippen molar-refractivity contribution in [3.8, 4) is 0 Å². The topological polar surface area (TPSA) is 53.1 Å². The van der Waals surface area contributed by atoms with Crippen molar-refractivity contribution in [3.63, 3.8) is 0 Å². The first kappa shape index (κ1) is 21.5. The van der Waals surface area contributed by atoms with E-state index in [1.165, 1.54) is 18.9 Å². The zero-order valence-electron chi connectivity index (χ0n) is 18.4. The van der Waals surface area contributed by atoms with Crippen LogP contribution in [0.15, 0.2) is 48.5 Å². The number of anilines is 2. The molecule has 0 bridgehead atoms. The molecule has 1 aromatic heterocycles. The first-order valence-corrected chi connectivity index (χ1v) is 11.2. The number of halogens is 1. The normalized spacial score (nSPS) is 18.8. The van der Waals surface area contributed by atoms with E-state index in [4.69, 9.17) is 9.97 Å². The minimum Gasteiger partial charge on any atom is -0.362 e. The maximum Gasteiger partial charge on any atom is 0.225 e. The number of aromatic nitrogens is 2. The molecule has 2 N–H and O–H groups in total. The van der Waals surface area contributed by atoms with Crippen LogP contribution >= 0.6 is 0 Å². The van der Waals surface area contributed by atoms with Gasteiger partial charge in [-0.3, -0.25) is 0 Å². The third kappa shape index (κ3) is 5.50. The van der Waals surface area contributed by atoms with Gasteiger partial charge < -0.3 is 15.5 Å². The summed E-state index contributed by atoms with van der Waals surface area (Å²) in [5.74, 6) is 2.23. The second-order valence-corrected chi connectivity index (χ2v) is 8.69. The Balaban J connectivity index is 1.25. The third-order valence-corrected chi connectivity index (χ3v) is 6.15. The quantitative estimate of drug-likeness (QED) is 0.519. The van der Waals surface area contributed by atoms with Crippen molar-refractivity contribution in [2.24, 2.45) is 5.92 Å². The van der Waals surface area contributed by atoms with Gasteiger partial charge in [0, 0.05) is 25.5 Å². The molecule has 1 aliphatic carbocycles. The van der Waals surface area contributed by atoms with E-state index >= 15 is 0 Å². The standard InChI is InChI=1S/C25H32FN5/c1-31(2)24-21-8-4-6-10-23(21)29-25(30-24)28-20-13-11-18(12-14-20)17-27-16-15-19-7-3-5-9-22(19)26/h3-10,18,20,27H,11-17H2,1-2H3,(H,28,29,30). The molecule has 1 saturated carbocycles. The van der Waals surface area contributed by atoms with Crippen molar-refractivity contribution < 1.29 is 4.39 Å². The van der Waals surface area contributed by atoms with Crippen LogP contribution in [-0.2, 0) is 6.42 Å². The van der Waals surface area contributed by atoms with E-state index < -0.39 is 0 Å². The van der Waals surface area contributed by atoms with Crippen molar-refractivity contribution in [2.45, 2.75) is 38.1 Å². The molecule has 0 unspecified atom stereocenters. The SMILES string of the molecule is CN(C)c1nc(NC2CCC(CNCCc3ccccc3F)CC2)nc2ccccc12. The Kier molecular flexibility index (Phi) is 6.97. The van der Waals surface area contributed by atoms with Crippen molar-refractivity contribution in [2.75, 3.05) is 37.4 Å². The molecule has 1 heterocycles. The summed E-state index contributed by atoms with van der Waals surface area (Å²) in [6.45, 7) is 1.82. The van der Waals surface area contributed by atoms with Crippen LogP contribution in [0.5, 0.6) is 0 Å². The lowest BCUT2D eigenvalue weighted by molar-refractivity contribution is 0.325. The van der Waals surface area contributed by atoms with Gasteiger partial charge in [-0.05, 0) is 74.9 Å². The van der Waals surface area contributed by atoms with Gasteiger partial charge in [0.1, 0.15) is 11.6 Å². The van der Waals surface area contributed by atoms with E-state index in [0.29, 0.717) is 17.9 Å². The number of benzene rings is 2. The van der Waals surface area contributed by atoms with Crippen molar-refractivity contribution in [1.29, 1.82) is 0 Å². The van der Waals surface area contributed by atoms with E-state index in [9.17, 15) is 4.39 Å². The molecule has 6 heteroatoms. The number of hydrogen-bond acceptors (Lipinski definition) is 5. The number of para-hydroxylation sites is 1. The summed E-state index contributed by atoms with van der Waals surface area (Å²) in [5.41, 5.74) is 1.76. The highest BCUT2D eigenvalue weighted by Crippen LogP contribution is 2.28. The van der Waals surface area contributed by atoms with Gasteiger partial charge in [0.25, 0.3) is 0 Å². The van der Waals surface area contributed by atoms with Crippen LogP contribution in [0, 0.1) is 11.7 Å². The Hall–Kier alpha value is -2.73. The Bertz CT molecular complexity index is 998. The Morgan fingerprint density at radius 3 is 2.48 bits per heavy atom. The lowest BCUT2D eigenvalue weighted by Crippen LogP contribution is -2.32. The van der Waals surface area contributed by atoms with Crippen LogP contribution in [0.3, 0.4) is 0 Å². The summed E-state index contributed by atoms with van der Waals surface area (Å²) in [7, 11) is 4.03. The minimum absolute atomic E-state index is 0.107. The van der Waals surface area contributed by atoms with Crippen molar-refractivity contribution in [1.82, 2.24) is 15.3 Å². The van der Waals surface area contributed by atoms with E-state index in [1.807, 2.05) is 49.3 Å². The summed E-state index contributed by atoms with van der Waals surface area (Å²) < 4.78 is 13.7. The predicted molar refractivity (Wildman–Crippen MR) is 126 cm³/mol. The largest absolute Gasteiger partial charge is 0.362 e. The van der Waals surface area contributed by atoms with Gasteiger partial charge in [-0.25, -0.2) is 9.37 Å². The highest BCUT2D eigenvalue weighted by molar-refractivity contribution is 5.90. The molecule has 164 valence electrons. The monoisotopic (exact) mass is 421 g/mol. The molecule has 0 saturated heterocycles. The zero-order valence-corrected chi connectivity index (χ0v) is 18.4. The minimum atomic E-state index is -0.107. The second-order valence-electron chi connectivity index (χ2n) is 8.69. The molecule has 0 radical (unpaired) electrons. The maximum absolute atomic E-state index is 13.7. The van der Waals surface area contributed by atoms with Gasteiger partial charge >= 0.3 is 0 Å². The summed E-state index contributed by atoms with van der Waals surface area (Å²) >= 11 is 0. The smallest absolute Gasteiger partial charge is 0.225 e. The van der Waals surface area contributed by atoms with Gasteiger partial charge in [-0.15, -0.1) is 0 Å². The molecule has 0 spiro atoms. The molecule has 3 aromatic rings. The maximum atomic E-state index is 13.7. The summed E-state index contributed by atoms with van der Waals surface area (Å²) in [4.78, 5) is 11.5. The van der Waals surface area contributed by atoms with Crippen LogP contribution in [0.1, 0.15) is 31.2 Å². The molecule has 0 amide bonds. The number of nitrogens with one attached hydrogen (secondary N) is 2.